The number of ether oxygens (including phenoxy) is 2. The van der Waals surface area contributed by atoms with Crippen LogP contribution in [0.5, 0.6) is 0 Å². The summed E-state index contributed by atoms with van der Waals surface area (Å²) in [5.41, 5.74) is 3.74. The summed E-state index contributed by atoms with van der Waals surface area (Å²) in [5, 5.41) is 12.2. The number of amides is 2. The number of carbonyl (C=O) groups is 3. The molecule has 1 saturated heterocycles. The molecular formula is C25H28N2O6. The Kier molecular flexibility index (Phi) is 6.01. The average Bonchev–Trinajstić information content (AvgIpc) is 3.30. The topological polar surface area (TPSA) is 105 Å². The fourth-order valence-corrected chi connectivity index (χ4v) is 4.49. The molecule has 0 saturated carbocycles. The van der Waals surface area contributed by atoms with Crippen LogP contribution in [0, 0.1) is 5.92 Å². The summed E-state index contributed by atoms with van der Waals surface area (Å²) in [4.78, 5) is 38.0. The Balaban J connectivity index is 1.42. The maximum atomic E-state index is 12.8. The number of rotatable bonds is 4. The largest absolute Gasteiger partial charge is 0.481 e. The lowest BCUT2D eigenvalue weighted by molar-refractivity contribution is -0.141. The van der Waals surface area contributed by atoms with E-state index in [2.05, 4.69) is 17.4 Å². The van der Waals surface area contributed by atoms with Crippen LogP contribution in [0.3, 0.4) is 0 Å². The van der Waals surface area contributed by atoms with Gasteiger partial charge in [0.2, 0.25) is 0 Å². The summed E-state index contributed by atoms with van der Waals surface area (Å²) >= 11 is 0. The van der Waals surface area contributed by atoms with Gasteiger partial charge in [0.25, 0.3) is 0 Å². The number of fused-ring (bicyclic) bond motifs is 3. The second-order valence-electron chi connectivity index (χ2n) is 9.41. The van der Waals surface area contributed by atoms with Gasteiger partial charge in [0.15, 0.2) is 0 Å². The molecule has 174 valence electrons. The molecule has 8 nitrogen and oxygen atoms in total. The van der Waals surface area contributed by atoms with E-state index in [0.29, 0.717) is 0 Å². The molecule has 4 rings (SSSR count). The molecule has 0 aromatic heterocycles. The molecule has 1 heterocycles. The van der Waals surface area contributed by atoms with Crippen molar-refractivity contribution in [2.75, 3.05) is 19.7 Å². The number of hydrogen-bond donors (Lipinski definition) is 2. The van der Waals surface area contributed by atoms with E-state index in [-0.39, 0.29) is 25.6 Å². The van der Waals surface area contributed by atoms with Crippen molar-refractivity contribution in [2.45, 2.75) is 38.3 Å². The predicted molar refractivity (Wildman–Crippen MR) is 121 cm³/mol. The molecule has 1 aliphatic heterocycles. The van der Waals surface area contributed by atoms with Gasteiger partial charge in [-0.25, -0.2) is 9.59 Å². The molecule has 2 aromatic rings. The molecule has 0 bridgehead atoms. The number of carboxylic acids is 1. The molecule has 1 aliphatic carbocycles. The molecule has 8 heteroatoms. The Morgan fingerprint density at radius 1 is 1.00 bits per heavy atom. The predicted octanol–water partition coefficient (Wildman–Crippen LogP) is 3.85. The number of benzene rings is 2. The molecule has 0 spiro atoms. The van der Waals surface area contributed by atoms with Crippen molar-refractivity contribution in [1.82, 2.24) is 10.2 Å². The van der Waals surface area contributed by atoms with Crippen LogP contribution in [0.25, 0.3) is 11.1 Å². The Labute approximate surface area is 192 Å². The van der Waals surface area contributed by atoms with E-state index in [1.165, 1.54) is 4.90 Å². The molecule has 2 atom stereocenters. The van der Waals surface area contributed by atoms with E-state index < -0.39 is 35.7 Å². The van der Waals surface area contributed by atoms with Crippen LogP contribution in [0.2, 0.25) is 0 Å². The van der Waals surface area contributed by atoms with Crippen molar-refractivity contribution in [3.8, 4) is 11.1 Å². The Bertz CT molecular complexity index is 1030. The third-order valence-corrected chi connectivity index (χ3v) is 5.93. The van der Waals surface area contributed by atoms with Crippen molar-refractivity contribution in [3.05, 3.63) is 59.7 Å². The molecule has 2 aromatic carbocycles. The van der Waals surface area contributed by atoms with Gasteiger partial charge in [0.1, 0.15) is 12.2 Å². The molecule has 33 heavy (non-hydrogen) atoms. The molecule has 2 aliphatic rings. The summed E-state index contributed by atoms with van der Waals surface area (Å²) in [6, 6.07) is 15.3. The van der Waals surface area contributed by atoms with E-state index in [9.17, 15) is 19.5 Å². The molecule has 2 unspecified atom stereocenters. The number of likely N-dealkylation sites (tertiary alicyclic amines) is 1. The monoisotopic (exact) mass is 452 g/mol. The summed E-state index contributed by atoms with van der Waals surface area (Å²) < 4.78 is 10.9. The minimum Gasteiger partial charge on any atom is -0.481 e. The normalized spacial score (nSPS) is 19.5. The van der Waals surface area contributed by atoms with Gasteiger partial charge in [0.05, 0.1) is 12.0 Å². The molecule has 2 N–H and O–H groups in total. The first kappa shape index (κ1) is 22.6. The summed E-state index contributed by atoms with van der Waals surface area (Å²) in [6.07, 6.45) is -1.32. The lowest BCUT2D eigenvalue weighted by Gasteiger charge is -2.23. The molecule has 2 amide bonds. The SMILES string of the molecule is CC(C)(C)OC(=O)NC1CN(C(=O)OCC2c3ccccc3-c3ccccc32)CC1C(=O)O. The highest BCUT2D eigenvalue weighted by atomic mass is 16.6. The van der Waals surface area contributed by atoms with Crippen LogP contribution in [0.15, 0.2) is 48.5 Å². The van der Waals surface area contributed by atoms with Crippen molar-refractivity contribution in [3.63, 3.8) is 0 Å². The van der Waals surface area contributed by atoms with Crippen LogP contribution in [-0.2, 0) is 14.3 Å². The van der Waals surface area contributed by atoms with Gasteiger partial charge in [-0.1, -0.05) is 48.5 Å². The fraction of sp³-hybridized carbons (Fsp3) is 0.400. The van der Waals surface area contributed by atoms with Gasteiger partial charge >= 0.3 is 18.2 Å². The highest BCUT2D eigenvalue weighted by Gasteiger charge is 2.42. The average molecular weight is 453 g/mol. The van der Waals surface area contributed by atoms with Crippen LogP contribution in [0.4, 0.5) is 9.59 Å². The number of hydrogen-bond acceptors (Lipinski definition) is 5. The standard InChI is InChI=1S/C25H28N2O6/c1-25(2,3)33-23(30)26-21-13-27(12-19(21)22(28)29)24(31)32-14-20-17-10-6-4-8-15(17)16-9-5-7-11-18(16)20/h4-11,19-21H,12-14H2,1-3H3,(H,26,30)(H,28,29). The highest BCUT2D eigenvalue weighted by molar-refractivity contribution is 5.79. The van der Waals surface area contributed by atoms with E-state index in [1.807, 2.05) is 36.4 Å². The van der Waals surface area contributed by atoms with Gasteiger partial charge in [-0.3, -0.25) is 4.79 Å². The number of carboxylic acid groups (broad SMARTS) is 1. The van der Waals surface area contributed by atoms with Crippen LogP contribution in [-0.4, -0.2) is 59.5 Å². The van der Waals surface area contributed by atoms with Gasteiger partial charge in [-0.15, -0.1) is 0 Å². The van der Waals surface area contributed by atoms with Crippen LogP contribution < -0.4 is 5.32 Å². The first-order chi connectivity index (χ1) is 15.6. The highest BCUT2D eigenvalue weighted by Crippen LogP contribution is 2.44. The van der Waals surface area contributed by atoms with Crippen molar-refractivity contribution in [1.29, 1.82) is 0 Å². The zero-order valence-corrected chi connectivity index (χ0v) is 18.9. The Hall–Kier alpha value is -3.55. The van der Waals surface area contributed by atoms with E-state index >= 15 is 0 Å². The lowest BCUT2D eigenvalue weighted by atomic mass is 9.98. The third-order valence-electron chi connectivity index (χ3n) is 5.93. The second kappa shape index (κ2) is 8.77. The van der Waals surface area contributed by atoms with Gasteiger partial charge in [0, 0.05) is 19.0 Å². The number of aliphatic carboxylic acids is 1. The maximum Gasteiger partial charge on any atom is 0.409 e. The number of carbonyl (C=O) groups excluding carboxylic acids is 2. The number of alkyl carbamates (subject to hydrolysis) is 1. The zero-order valence-electron chi connectivity index (χ0n) is 18.9. The Morgan fingerprint density at radius 3 is 2.12 bits per heavy atom. The minimum atomic E-state index is -1.09. The van der Waals surface area contributed by atoms with Crippen molar-refractivity contribution >= 4 is 18.2 Å². The fourth-order valence-electron chi connectivity index (χ4n) is 4.49. The molecule has 1 fully saturated rings. The van der Waals surface area contributed by atoms with Gasteiger partial charge in [-0.05, 0) is 43.0 Å². The molecule has 0 radical (unpaired) electrons. The summed E-state index contributed by atoms with van der Waals surface area (Å²) in [7, 11) is 0. The number of nitrogens with zero attached hydrogens (tertiary/aromatic N) is 1. The Morgan fingerprint density at radius 2 is 1.58 bits per heavy atom. The van der Waals surface area contributed by atoms with E-state index in [0.717, 1.165) is 22.3 Å². The van der Waals surface area contributed by atoms with Crippen molar-refractivity contribution in [2.24, 2.45) is 5.92 Å². The third kappa shape index (κ3) is 4.79. The van der Waals surface area contributed by atoms with Crippen molar-refractivity contribution < 1.29 is 29.0 Å². The summed E-state index contributed by atoms with van der Waals surface area (Å²) in [6.45, 7) is 5.29. The lowest BCUT2D eigenvalue weighted by Crippen LogP contribution is -2.45. The zero-order chi connectivity index (χ0) is 23.8. The van der Waals surface area contributed by atoms with Crippen LogP contribution in [0.1, 0.15) is 37.8 Å². The summed E-state index contributed by atoms with van der Waals surface area (Å²) in [5.74, 6) is -2.13. The maximum absolute atomic E-state index is 12.8. The quantitative estimate of drug-likeness (QED) is 0.730. The first-order valence-corrected chi connectivity index (χ1v) is 11.0. The van der Waals surface area contributed by atoms with E-state index in [4.69, 9.17) is 9.47 Å². The first-order valence-electron chi connectivity index (χ1n) is 11.0. The second-order valence-corrected chi connectivity index (χ2v) is 9.41. The minimum absolute atomic E-state index is 0.0346. The van der Waals surface area contributed by atoms with Crippen LogP contribution >= 0.6 is 0 Å². The van der Waals surface area contributed by atoms with E-state index in [1.54, 1.807) is 20.8 Å². The number of nitrogens with one attached hydrogen (secondary N) is 1. The van der Waals surface area contributed by atoms with Gasteiger partial charge in [-0.2, -0.15) is 0 Å². The smallest absolute Gasteiger partial charge is 0.409 e. The molecular weight excluding hydrogens is 424 g/mol. The van der Waals surface area contributed by atoms with Gasteiger partial charge < -0.3 is 24.8 Å².